The molecule has 0 bridgehead atoms. The summed E-state index contributed by atoms with van der Waals surface area (Å²) in [5, 5.41) is 3.43. The van der Waals surface area contributed by atoms with E-state index in [0.717, 1.165) is 51.7 Å². The zero-order chi connectivity index (χ0) is 19.8. The number of piperidine rings is 1. The lowest BCUT2D eigenvalue weighted by Crippen LogP contribution is -2.49. The number of benzene rings is 2. The molecule has 1 saturated heterocycles. The molecule has 0 radical (unpaired) electrons. The Morgan fingerprint density at radius 2 is 1.54 bits per heavy atom. The quantitative estimate of drug-likeness (QED) is 0.717. The van der Waals surface area contributed by atoms with Gasteiger partial charge in [0.15, 0.2) is 0 Å². The second kappa shape index (κ2) is 9.88. The fourth-order valence-electron chi connectivity index (χ4n) is 4.35. The minimum Gasteiger partial charge on any atom is -0.346 e. The van der Waals surface area contributed by atoms with Crippen molar-refractivity contribution in [2.24, 2.45) is 5.92 Å². The molecule has 2 aromatic carbocycles. The van der Waals surface area contributed by atoms with Gasteiger partial charge in [-0.2, -0.15) is 0 Å². The molecule has 0 saturated carbocycles. The molecular weight excluding hydrogens is 344 g/mol. The minimum atomic E-state index is -0.247. The van der Waals surface area contributed by atoms with Crippen LogP contribution in [-0.4, -0.2) is 30.4 Å². The summed E-state index contributed by atoms with van der Waals surface area (Å²) in [6, 6.07) is 21.1. The summed E-state index contributed by atoms with van der Waals surface area (Å²) in [7, 11) is 0. The predicted octanol–water partition coefficient (Wildman–Crippen LogP) is 4.77. The molecule has 150 valence electrons. The Kier molecular flexibility index (Phi) is 7.27. The number of amides is 1. The number of nitrogens with zero attached hydrogens (tertiary/aromatic N) is 1. The van der Waals surface area contributed by atoms with Gasteiger partial charge in [-0.05, 0) is 56.3 Å². The third-order valence-corrected chi connectivity index (χ3v) is 6.41. The Balaban J connectivity index is 1.53. The van der Waals surface area contributed by atoms with Crippen LogP contribution in [0, 0.1) is 5.92 Å². The SMILES string of the molecule is CCC(CC)(NC(=O)C1CCN(CCc2ccccc2)CC1)c1ccccc1. The van der Waals surface area contributed by atoms with Crippen LogP contribution >= 0.6 is 0 Å². The Morgan fingerprint density at radius 3 is 2.11 bits per heavy atom. The van der Waals surface area contributed by atoms with Gasteiger partial charge in [0, 0.05) is 12.5 Å². The third kappa shape index (κ3) is 5.02. The van der Waals surface area contributed by atoms with Crippen LogP contribution in [0.3, 0.4) is 0 Å². The molecule has 1 fully saturated rings. The van der Waals surface area contributed by atoms with E-state index in [-0.39, 0.29) is 17.4 Å². The zero-order valence-corrected chi connectivity index (χ0v) is 17.4. The lowest BCUT2D eigenvalue weighted by Gasteiger charge is -2.37. The fraction of sp³-hybridized carbons (Fsp3) is 0.480. The smallest absolute Gasteiger partial charge is 0.223 e. The Labute approximate surface area is 170 Å². The van der Waals surface area contributed by atoms with Crippen LogP contribution in [0.2, 0.25) is 0 Å². The number of carbonyl (C=O) groups is 1. The number of carbonyl (C=O) groups excluding carboxylic acids is 1. The van der Waals surface area contributed by atoms with Gasteiger partial charge in [-0.25, -0.2) is 0 Å². The number of likely N-dealkylation sites (tertiary alicyclic amines) is 1. The van der Waals surface area contributed by atoms with Crippen molar-refractivity contribution in [1.82, 2.24) is 10.2 Å². The van der Waals surface area contributed by atoms with Gasteiger partial charge in [-0.15, -0.1) is 0 Å². The highest BCUT2D eigenvalue weighted by Crippen LogP contribution is 2.30. The molecule has 1 aliphatic heterocycles. The summed E-state index contributed by atoms with van der Waals surface area (Å²) in [5.41, 5.74) is 2.36. The van der Waals surface area contributed by atoms with Crippen molar-refractivity contribution in [3.05, 3.63) is 71.8 Å². The van der Waals surface area contributed by atoms with Gasteiger partial charge in [0.05, 0.1) is 5.54 Å². The standard InChI is InChI=1S/C25H34N2O/c1-3-25(4-2,23-13-9-6-10-14-23)26-24(28)22-16-19-27(20-17-22)18-15-21-11-7-5-8-12-21/h5-14,22H,3-4,15-20H2,1-2H3,(H,26,28). The monoisotopic (exact) mass is 378 g/mol. The van der Waals surface area contributed by atoms with Crippen molar-refractivity contribution in [2.45, 2.75) is 51.5 Å². The molecule has 28 heavy (non-hydrogen) atoms. The van der Waals surface area contributed by atoms with Crippen molar-refractivity contribution in [3.8, 4) is 0 Å². The van der Waals surface area contributed by atoms with Gasteiger partial charge in [-0.3, -0.25) is 4.79 Å². The lowest BCUT2D eigenvalue weighted by molar-refractivity contribution is -0.128. The highest BCUT2D eigenvalue weighted by molar-refractivity contribution is 5.79. The molecule has 3 rings (SSSR count). The Bertz CT molecular complexity index is 717. The summed E-state index contributed by atoms with van der Waals surface area (Å²) < 4.78 is 0. The van der Waals surface area contributed by atoms with E-state index < -0.39 is 0 Å². The van der Waals surface area contributed by atoms with Gasteiger partial charge in [0.2, 0.25) is 5.91 Å². The topological polar surface area (TPSA) is 32.3 Å². The molecule has 2 aromatic rings. The van der Waals surface area contributed by atoms with E-state index in [0.29, 0.717) is 0 Å². The predicted molar refractivity (Wildman–Crippen MR) is 116 cm³/mol. The first-order valence-electron chi connectivity index (χ1n) is 10.8. The second-order valence-corrected chi connectivity index (χ2v) is 8.00. The molecule has 0 aromatic heterocycles. The van der Waals surface area contributed by atoms with Gasteiger partial charge >= 0.3 is 0 Å². The average Bonchev–Trinajstić information content (AvgIpc) is 2.77. The van der Waals surface area contributed by atoms with Crippen LogP contribution < -0.4 is 5.32 Å². The number of rotatable bonds is 8. The number of hydrogen-bond donors (Lipinski definition) is 1. The maximum Gasteiger partial charge on any atom is 0.223 e. The van der Waals surface area contributed by atoms with E-state index in [9.17, 15) is 4.79 Å². The Morgan fingerprint density at radius 1 is 0.964 bits per heavy atom. The van der Waals surface area contributed by atoms with E-state index in [1.807, 2.05) is 6.07 Å². The van der Waals surface area contributed by atoms with Crippen molar-refractivity contribution < 1.29 is 4.79 Å². The molecule has 0 aliphatic carbocycles. The van der Waals surface area contributed by atoms with Crippen LogP contribution in [-0.2, 0) is 16.8 Å². The Hall–Kier alpha value is -2.13. The second-order valence-electron chi connectivity index (χ2n) is 8.00. The van der Waals surface area contributed by atoms with Crippen LogP contribution in [0.15, 0.2) is 60.7 Å². The van der Waals surface area contributed by atoms with Gasteiger partial charge in [-0.1, -0.05) is 74.5 Å². The molecule has 0 spiro atoms. The highest BCUT2D eigenvalue weighted by atomic mass is 16.2. The zero-order valence-electron chi connectivity index (χ0n) is 17.4. The molecular formula is C25H34N2O. The van der Waals surface area contributed by atoms with Crippen molar-refractivity contribution in [2.75, 3.05) is 19.6 Å². The molecule has 1 aliphatic rings. The third-order valence-electron chi connectivity index (χ3n) is 6.41. The lowest BCUT2D eigenvalue weighted by atomic mass is 9.83. The molecule has 0 atom stereocenters. The van der Waals surface area contributed by atoms with Gasteiger partial charge in [0.25, 0.3) is 0 Å². The molecule has 0 unspecified atom stereocenters. The normalized spacial score (nSPS) is 16.1. The summed E-state index contributed by atoms with van der Waals surface area (Å²) in [6.45, 7) is 7.45. The highest BCUT2D eigenvalue weighted by Gasteiger charge is 2.33. The summed E-state index contributed by atoms with van der Waals surface area (Å²) in [4.78, 5) is 15.6. The fourth-order valence-corrected chi connectivity index (χ4v) is 4.35. The first-order chi connectivity index (χ1) is 13.7. The summed E-state index contributed by atoms with van der Waals surface area (Å²) in [5.74, 6) is 0.365. The van der Waals surface area contributed by atoms with E-state index in [1.54, 1.807) is 0 Å². The minimum absolute atomic E-state index is 0.133. The van der Waals surface area contributed by atoms with Crippen molar-refractivity contribution in [1.29, 1.82) is 0 Å². The van der Waals surface area contributed by atoms with E-state index in [2.05, 4.69) is 78.7 Å². The summed E-state index contributed by atoms with van der Waals surface area (Å²) >= 11 is 0. The molecule has 3 heteroatoms. The number of hydrogen-bond acceptors (Lipinski definition) is 2. The first-order valence-corrected chi connectivity index (χ1v) is 10.8. The van der Waals surface area contributed by atoms with Crippen molar-refractivity contribution >= 4 is 5.91 Å². The van der Waals surface area contributed by atoms with E-state index in [4.69, 9.17) is 0 Å². The van der Waals surface area contributed by atoms with Crippen LogP contribution in [0.1, 0.15) is 50.7 Å². The van der Waals surface area contributed by atoms with E-state index in [1.165, 1.54) is 11.1 Å². The van der Waals surface area contributed by atoms with Crippen LogP contribution in [0.25, 0.3) is 0 Å². The first kappa shape index (κ1) is 20.6. The van der Waals surface area contributed by atoms with Gasteiger partial charge < -0.3 is 10.2 Å². The summed E-state index contributed by atoms with van der Waals surface area (Å²) in [6.07, 6.45) is 4.82. The maximum absolute atomic E-state index is 13.1. The van der Waals surface area contributed by atoms with Gasteiger partial charge in [0.1, 0.15) is 0 Å². The van der Waals surface area contributed by atoms with E-state index >= 15 is 0 Å². The average molecular weight is 379 g/mol. The van der Waals surface area contributed by atoms with Crippen LogP contribution in [0.4, 0.5) is 0 Å². The number of nitrogens with one attached hydrogen (secondary N) is 1. The molecule has 1 amide bonds. The molecule has 1 heterocycles. The molecule has 1 N–H and O–H groups in total. The largest absolute Gasteiger partial charge is 0.346 e. The van der Waals surface area contributed by atoms with Crippen LogP contribution in [0.5, 0.6) is 0 Å². The molecule has 3 nitrogen and oxygen atoms in total. The maximum atomic E-state index is 13.1. The van der Waals surface area contributed by atoms with Crippen molar-refractivity contribution in [3.63, 3.8) is 0 Å².